The lowest BCUT2D eigenvalue weighted by molar-refractivity contribution is 0.0952. The second-order valence-electron chi connectivity index (χ2n) is 8.01. The third kappa shape index (κ3) is 6.39. The Morgan fingerprint density at radius 2 is 1.36 bits per heavy atom. The van der Waals surface area contributed by atoms with E-state index < -0.39 is 0 Å². The first kappa shape index (κ1) is 20.4. The lowest BCUT2D eigenvalue weighted by atomic mass is 9.90. The second kappa shape index (κ2) is 10.9. The first-order valence-corrected chi connectivity index (χ1v) is 10.7. The first-order chi connectivity index (χ1) is 13.7. The highest BCUT2D eigenvalue weighted by molar-refractivity contribution is 6.00. The predicted octanol–water partition coefficient (Wildman–Crippen LogP) is 4.82. The van der Waals surface area contributed by atoms with Crippen molar-refractivity contribution in [2.45, 2.75) is 64.2 Å². The smallest absolute Gasteiger partial charge is 0.271 e. The zero-order valence-electron chi connectivity index (χ0n) is 16.6. The molecule has 5 nitrogen and oxygen atoms in total. The van der Waals surface area contributed by atoms with Crippen LogP contribution in [-0.2, 0) is 0 Å². The molecule has 0 bridgehead atoms. The van der Waals surface area contributed by atoms with Gasteiger partial charge >= 0.3 is 0 Å². The van der Waals surface area contributed by atoms with E-state index in [2.05, 4.69) is 15.5 Å². The minimum absolute atomic E-state index is 0.0191. The Morgan fingerprint density at radius 1 is 0.821 bits per heavy atom. The number of nitrogens with one attached hydrogen (secondary N) is 1. The third-order valence-corrected chi connectivity index (χ3v) is 5.77. The molecule has 0 aromatic heterocycles. The van der Waals surface area contributed by atoms with E-state index in [1.807, 2.05) is 12.4 Å². The zero-order chi connectivity index (χ0) is 19.6. The average Bonchev–Trinajstić information content (AvgIpc) is 2.75. The average molecular weight is 382 g/mol. The number of carbonyl (C=O) groups excluding carboxylic acids is 2. The number of hydrogen-bond donors (Lipinski definition) is 1. The molecule has 1 aromatic carbocycles. The molecular formula is C23H31N3O2. The van der Waals surface area contributed by atoms with Gasteiger partial charge in [0.2, 0.25) is 0 Å². The highest BCUT2D eigenvalue weighted by atomic mass is 16.2. The number of amides is 1. The number of hydrazone groups is 1. The van der Waals surface area contributed by atoms with Gasteiger partial charge in [-0.2, -0.15) is 5.10 Å². The quantitative estimate of drug-likeness (QED) is 0.418. The van der Waals surface area contributed by atoms with Crippen LogP contribution >= 0.6 is 0 Å². The van der Waals surface area contributed by atoms with Crippen molar-refractivity contribution in [3.63, 3.8) is 0 Å². The summed E-state index contributed by atoms with van der Waals surface area (Å²) in [5.41, 5.74) is 3.68. The number of Topliss-reactive ketones (excluding diaryl/α,β-unsaturated/α-hetero) is 1. The minimum Gasteiger partial charge on any atom is -0.292 e. The normalized spacial score (nSPS) is 19.3. The van der Waals surface area contributed by atoms with Gasteiger partial charge < -0.3 is 0 Å². The Balaban J connectivity index is 1.45. The highest BCUT2D eigenvalue weighted by Gasteiger charge is 2.13. The van der Waals surface area contributed by atoms with Crippen LogP contribution in [0.4, 0.5) is 0 Å². The van der Waals surface area contributed by atoms with E-state index in [-0.39, 0.29) is 18.2 Å². The van der Waals surface area contributed by atoms with Crippen LogP contribution in [0.1, 0.15) is 84.9 Å². The number of nitrogens with zero attached hydrogens (tertiary/aromatic N) is 2. The van der Waals surface area contributed by atoms with Gasteiger partial charge in [-0.3, -0.25) is 14.6 Å². The maximum absolute atomic E-state index is 12.3. The summed E-state index contributed by atoms with van der Waals surface area (Å²) in [7, 11) is 0. The van der Waals surface area contributed by atoms with E-state index in [1.54, 1.807) is 24.3 Å². The van der Waals surface area contributed by atoms with Gasteiger partial charge in [-0.25, -0.2) is 5.43 Å². The summed E-state index contributed by atoms with van der Waals surface area (Å²) in [5, 5.41) is 4.10. The Bertz CT molecular complexity index is 636. The summed E-state index contributed by atoms with van der Waals surface area (Å²) in [6.07, 6.45) is 16.1. The fourth-order valence-electron chi connectivity index (χ4n) is 4.02. The molecule has 0 saturated heterocycles. The molecule has 3 rings (SSSR count). The van der Waals surface area contributed by atoms with Crippen molar-refractivity contribution in [2.75, 3.05) is 6.54 Å². The predicted molar refractivity (Wildman–Crippen MR) is 113 cm³/mol. The fraction of sp³-hybridized carbons (Fsp3) is 0.565. The molecule has 0 heterocycles. The molecule has 0 radical (unpaired) electrons. The fourth-order valence-corrected chi connectivity index (χ4v) is 4.02. The van der Waals surface area contributed by atoms with E-state index in [1.165, 1.54) is 51.4 Å². The summed E-state index contributed by atoms with van der Waals surface area (Å²) >= 11 is 0. The molecule has 1 N–H and O–H groups in total. The van der Waals surface area contributed by atoms with Crippen LogP contribution in [0.15, 0.2) is 34.4 Å². The van der Waals surface area contributed by atoms with Gasteiger partial charge in [-0.1, -0.05) is 50.7 Å². The van der Waals surface area contributed by atoms with Gasteiger partial charge in [0.05, 0.1) is 0 Å². The van der Waals surface area contributed by atoms with Crippen LogP contribution in [0.3, 0.4) is 0 Å². The zero-order valence-corrected chi connectivity index (χ0v) is 16.6. The summed E-state index contributed by atoms with van der Waals surface area (Å²) in [6.45, 7) is 0.174. The van der Waals surface area contributed by atoms with Crippen molar-refractivity contribution >= 4 is 24.1 Å². The molecule has 0 aliphatic heterocycles. The largest absolute Gasteiger partial charge is 0.292 e. The van der Waals surface area contributed by atoms with Crippen LogP contribution in [0, 0.1) is 11.8 Å². The van der Waals surface area contributed by atoms with Gasteiger partial charge in [0, 0.05) is 23.6 Å². The molecule has 2 saturated carbocycles. The van der Waals surface area contributed by atoms with Crippen molar-refractivity contribution in [1.82, 2.24) is 5.43 Å². The Labute approximate surface area is 167 Å². The molecule has 1 amide bonds. The summed E-state index contributed by atoms with van der Waals surface area (Å²) in [5.74, 6) is 0.737. The van der Waals surface area contributed by atoms with Crippen molar-refractivity contribution in [3.05, 3.63) is 35.4 Å². The Hall–Kier alpha value is -2.30. The summed E-state index contributed by atoms with van der Waals surface area (Å²) in [4.78, 5) is 28.8. The Kier molecular flexibility index (Phi) is 7.94. The molecular weight excluding hydrogens is 350 g/mol. The molecule has 0 unspecified atom stereocenters. The Morgan fingerprint density at radius 3 is 1.96 bits per heavy atom. The number of aliphatic imine (C=N–C) groups is 1. The van der Waals surface area contributed by atoms with E-state index >= 15 is 0 Å². The van der Waals surface area contributed by atoms with Crippen molar-refractivity contribution in [1.29, 1.82) is 0 Å². The second-order valence-corrected chi connectivity index (χ2v) is 8.01. The van der Waals surface area contributed by atoms with E-state index in [0.29, 0.717) is 23.0 Å². The molecule has 28 heavy (non-hydrogen) atoms. The SMILES string of the molecule is O=C(CN=CC1CCCCC1)c1ccc(C(=O)N/N=C/C2CCCCC2)cc1. The standard InChI is InChI=1S/C23H31N3O2/c27-22(17-24-15-18-7-3-1-4-8-18)20-11-13-21(14-12-20)23(28)26-25-16-19-9-5-2-6-10-19/h11-16,18-19H,1-10,17H2,(H,26,28)/b24-15?,25-16+. The first-order valence-electron chi connectivity index (χ1n) is 10.7. The number of carbonyl (C=O) groups is 2. The minimum atomic E-state index is -0.249. The van der Waals surface area contributed by atoms with E-state index in [4.69, 9.17) is 0 Å². The molecule has 2 aliphatic carbocycles. The van der Waals surface area contributed by atoms with Crippen LogP contribution in [0.25, 0.3) is 0 Å². The molecule has 2 aliphatic rings. The lowest BCUT2D eigenvalue weighted by Crippen LogP contribution is -2.19. The van der Waals surface area contributed by atoms with E-state index in [0.717, 1.165) is 12.8 Å². The molecule has 150 valence electrons. The van der Waals surface area contributed by atoms with Gasteiger partial charge in [-0.15, -0.1) is 0 Å². The number of rotatable bonds is 7. The topological polar surface area (TPSA) is 70.9 Å². The maximum atomic E-state index is 12.3. The molecule has 5 heteroatoms. The monoisotopic (exact) mass is 381 g/mol. The van der Waals surface area contributed by atoms with Crippen LogP contribution < -0.4 is 5.43 Å². The van der Waals surface area contributed by atoms with Gasteiger partial charge in [0.25, 0.3) is 5.91 Å². The molecule has 0 atom stereocenters. The van der Waals surface area contributed by atoms with Gasteiger partial charge in [0.1, 0.15) is 6.54 Å². The van der Waals surface area contributed by atoms with Crippen LogP contribution in [0.2, 0.25) is 0 Å². The maximum Gasteiger partial charge on any atom is 0.271 e. The highest BCUT2D eigenvalue weighted by Crippen LogP contribution is 2.22. The number of benzene rings is 1. The molecule has 2 fully saturated rings. The van der Waals surface area contributed by atoms with Crippen molar-refractivity contribution < 1.29 is 9.59 Å². The van der Waals surface area contributed by atoms with Crippen LogP contribution in [0.5, 0.6) is 0 Å². The molecule has 1 aromatic rings. The third-order valence-electron chi connectivity index (χ3n) is 5.77. The summed E-state index contributed by atoms with van der Waals surface area (Å²) in [6, 6.07) is 6.73. The lowest BCUT2D eigenvalue weighted by Gasteiger charge is -2.16. The number of hydrogen-bond acceptors (Lipinski definition) is 4. The van der Waals surface area contributed by atoms with E-state index in [9.17, 15) is 9.59 Å². The van der Waals surface area contributed by atoms with Gasteiger partial charge in [0.15, 0.2) is 5.78 Å². The number of ketones is 1. The van der Waals surface area contributed by atoms with Crippen LogP contribution in [-0.4, -0.2) is 30.7 Å². The van der Waals surface area contributed by atoms with Crippen molar-refractivity contribution in [2.24, 2.45) is 21.9 Å². The van der Waals surface area contributed by atoms with Gasteiger partial charge in [-0.05, 0) is 49.7 Å². The molecule has 0 spiro atoms. The summed E-state index contributed by atoms with van der Waals surface area (Å²) < 4.78 is 0. The van der Waals surface area contributed by atoms with Crippen molar-refractivity contribution in [3.8, 4) is 0 Å².